The van der Waals surface area contributed by atoms with Crippen LogP contribution in [-0.4, -0.2) is 18.8 Å². The van der Waals surface area contributed by atoms with E-state index in [-0.39, 0.29) is 0 Å². The zero-order valence-corrected chi connectivity index (χ0v) is 10.3. The average molecular weight is 229 g/mol. The van der Waals surface area contributed by atoms with Crippen LogP contribution in [0.15, 0.2) is 40.3 Å². The van der Waals surface area contributed by atoms with Gasteiger partial charge in [-0.2, -0.15) is 0 Å². The molecule has 1 heterocycles. The zero-order valence-electron chi connectivity index (χ0n) is 10.3. The molecule has 17 heavy (non-hydrogen) atoms. The predicted molar refractivity (Wildman–Crippen MR) is 73.9 cm³/mol. The molecule has 1 aromatic rings. The molecule has 0 bridgehead atoms. The van der Waals surface area contributed by atoms with Gasteiger partial charge in [-0.05, 0) is 18.6 Å². The molecule has 0 amide bonds. The van der Waals surface area contributed by atoms with Gasteiger partial charge in [-0.1, -0.05) is 38.0 Å². The summed E-state index contributed by atoms with van der Waals surface area (Å²) in [6, 6.07) is 10.2. The van der Waals surface area contributed by atoms with Gasteiger partial charge < -0.3 is 4.90 Å². The van der Waals surface area contributed by atoms with E-state index in [4.69, 9.17) is 0 Å². The van der Waals surface area contributed by atoms with Crippen LogP contribution in [0.4, 0.5) is 5.69 Å². The van der Waals surface area contributed by atoms with Crippen molar-refractivity contribution in [2.45, 2.75) is 32.6 Å². The molecule has 0 aromatic heterocycles. The van der Waals surface area contributed by atoms with Gasteiger partial charge in [-0.3, -0.25) is 0 Å². The summed E-state index contributed by atoms with van der Waals surface area (Å²) in [7, 11) is 0. The molecule has 0 unspecified atom stereocenters. The van der Waals surface area contributed by atoms with Gasteiger partial charge in [0.25, 0.3) is 0 Å². The first-order valence-corrected chi connectivity index (χ1v) is 6.29. The van der Waals surface area contributed by atoms with Crippen LogP contribution < -0.4 is 4.90 Å². The fourth-order valence-corrected chi connectivity index (χ4v) is 1.82. The SMILES string of the molecule is CCCCCC1=NCN(c2ccccc2)C=N1. The normalized spacial score (nSPS) is 14.9. The second-order valence-electron chi connectivity index (χ2n) is 4.22. The summed E-state index contributed by atoms with van der Waals surface area (Å²) in [5.74, 6) is 0.991. The van der Waals surface area contributed by atoms with E-state index in [9.17, 15) is 0 Å². The van der Waals surface area contributed by atoms with Crippen molar-refractivity contribution in [3.05, 3.63) is 30.3 Å². The van der Waals surface area contributed by atoms with Gasteiger partial charge in [0.05, 0.1) is 6.34 Å². The van der Waals surface area contributed by atoms with Crippen molar-refractivity contribution >= 4 is 17.9 Å². The standard InChI is InChI=1S/C14H19N3/c1-2-3-5-10-14-15-11-17(12-16-14)13-8-6-4-7-9-13/h4,6-9,11H,2-3,5,10,12H2,1H3. The third kappa shape index (κ3) is 3.41. The molecule has 0 aliphatic carbocycles. The van der Waals surface area contributed by atoms with Crippen molar-refractivity contribution < 1.29 is 0 Å². The molecule has 90 valence electrons. The second-order valence-corrected chi connectivity index (χ2v) is 4.22. The molecule has 0 N–H and O–H groups in total. The second kappa shape index (κ2) is 6.18. The minimum absolute atomic E-state index is 0.689. The molecule has 0 radical (unpaired) electrons. The van der Waals surface area contributed by atoms with Gasteiger partial charge >= 0.3 is 0 Å². The van der Waals surface area contributed by atoms with Crippen molar-refractivity contribution in [2.75, 3.05) is 11.6 Å². The summed E-state index contributed by atoms with van der Waals surface area (Å²) in [4.78, 5) is 11.0. The quantitative estimate of drug-likeness (QED) is 0.710. The maximum atomic E-state index is 4.50. The third-order valence-electron chi connectivity index (χ3n) is 2.84. The van der Waals surface area contributed by atoms with Gasteiger partial charge in [0.1, 0.15) is 12.5 Å². The average Bonchev–Trinajstić information content (AvgIpc) is 2.41. The topological polar surface area (TPSA) is 28.0 Å². The van der Waals surface area contributed by atoms with Gasteiger partial charge in [-0.15, -0.1) is 0 Å². The Kier molecular flexibility index (Phi) is 4.30. The van der Waals surface area contributed by atoms with Crippen LogP contribution in [0.1, 0.15) is 32.6 Å². The molecule has 0 saturated carbocycles. The Bertz CT molecular complexity index is 395. The number of benzene rings is 1. The molecule has 0 fully saturated rings. The fourth-order valence-electron chi connectivity index (χ4n) is 1.82. The molecular formula is C14H19N3. The Morgan fingerprint density at radius 3 is 2.65 bits per heavy atom. The summed E-state index contributed by atoms with van der Waals surface area (Å²) in [5, 5.41) is 0. The summed E-state index contributed by atoms with van der Waals surface area (Å²) in [6.07, 6.45) is 6.60. The Morgan fingerprint density at radius 1 is 1.18 bits per heavy atom. The Morgan fingerprint density at radius 2 is 2.00 bits per heavy atom. The lowest BCUT2D eigenvalue weighted by Crippen LogP contribution is -2.26. The van der Waals surface area contributed by atoms with Gasteiger partial charge in [0.2, 0.25) is 0 Å². The molecule has 1 aromatic carbocycles. The first-order valence-electron chi connectivity index (χ1n) is 6.29. The van der Waals surface area contributed by atoms with E-state index >= 15 is 0 Å². The Hall–Kier alpha value is -1.64. The highest BCUT2D eigenvalue weighted by Crippen LogP contribution is 2.14. The molecule has 1 aliphatic heterocycles. The molecule has 3 nitrogen and oxygen atoms in total. The molecule has 1 aliphatic rings. The summed E-state index contributed by atoms with van der Waals surface area (Å²) < 4.78 is 0. The third-order valence-corrected chi connectivity index (χ3v) is 2.84. The van der Waals surface area contributed by atoms with Crippen LogP contribution >= 0.6 is 0 Å². The van der Waals surface area contributed by atoms with Gasteiger partial charge in [0.15, 0.2) is 0 Å². The number of rotatable bonds is 5. The van der Waals surface area contributed by atoms with Crippen molar-refractivity contribution in [1.82, 2.24) is 0 Å². The molecule has 3 heteroatoms. The number of hydrogen-bond acceptors (Lipinski definition) is 3. The Balaban J connectivity index is 1.88. The summed E-state index contributed by atoms with van der Waals surface area (Å²) in [6.45, 7) is 2.90. The number of para-hydroxylation sites is 1. The van der Waals surface area contributed by atoms with E-state index < -0.39 is 0 Å². The molecule has 2 rings (SSSR count). The van der Waals surface area contributed by atoms with E-state index in [1.165, 1.54) is 19.3 Å². The predicted octanol–water partition coefficient (Wildman–Crippen LogP) is 3.47. The lowest BCUT2D eigenvalue weighted by atomic mass is 10.2. The zero-order chi connectivity index (χ0) is 11.9. The van der Waals surface area contributed by atoms with Crippen molar-refractivity contribution in [3.8, 4) is 0 Å². The van der Waals surface area contributed by atoms with E-state index in [1.807, 2.05) is 24.5 Å². The number of anilines is 1. The number of hydrogen-bond donors (Lipinski definition) is 0. The van der Waals surface area contributed by atoms with E-state index in [0.29, 0.717) is 6.67 Å². The van der Waals surface area contributed by atoms with Crippen LogP contribution in [0.25, 0.3) is 0 Å². The molecule has 0 saturated heterocycles. The van der Waals surface area contributed by atoms with Gasteiger partial charge in [0, 0.05) is 12.1 Å². The minimum atomic E-state index is 0.689. The Labute approximate surface area is 103 Å². The van der Waals surface area contributed by atoms with E-state index in [2.05, 4.69) is 33.9 Å². The van der Waals surface area contributed by atoms with Gasteiger partial charge in [-0.25, -0.2) is 9.98 Å². The summed E-state index contributed by atoms with van der Waals surface area (Å²) >= 11 is 0. The maximum Gasteiger partial charge on any atom is 0.127 e. The smallest absolute Gasteiger partial charge is 0.127 e. The largest absolute Gasteiger partial charge is 0.312 e. The molecular weight excluding hydrogens is 210 g/mol. The molecule has 0 spiro atoms. The van der Waals surface area contributed by atoms with Crippen LogP contribution in [-0.2, 0) is 0 Å². The van der Waals surface area contributed by atoms with Crippen LogP contribution in [0.5, 0.6) is 0 Å². The van der Waals surface area contributed by atoms with Crippen molar-refractivity contribution in [2.24, 2.45) is 9.98 Å². The summed E-state index contributed by atoms with van der Waals surface area (Å²) in [5.41, 5.74) is 1.15. The fraction of sp³-hybridized carbons (Fsp3) is 0.429. The van der Waals surface area contributed by atoms with Crippen LogP contribution in [0.2, 0.25) is 0 Å². The number of amidine groups is 1. The minimum Gasteiger partial charge on any atom is -0.312 e. The first-order chi connectivity index (χ1) is 8.40. The number of aliphatic imine (C=N–C) groups is 2. The van der Waals surface area contributed by atoms with Crippen molar-refractivity contribution in [3.63, 3.8) is 0 Å². The van der Waals surface area contributed by atoms with Crippen LogP contribution in [0, 0.1) is 0 Å². The number of nitrogens with zero attached hydrogens (tertiary/aromatic N) is 3. The van der Waals surface area contributed by atoms with Crippen LogP contribution in [0.3, 0.4) is 0 Å². The van der Waals surface area contributed by atoms with E-state index in [1.54, 1.807) is 0 Å². The monoisotopic (exact) mass is 229 g/mol. The number of unbranched alkanes of at least 4 members (excludes halogenated alkanes) is 2. The maximum absolute atomic E-state index is 4.50. The first kappa shape index (κ1) is 11.8. The highest BCUT2D eigenvalue weighted by molar-refractivity contribution is 5.95. The lowest BCUT2D eigenvalue weighted by molar-refractivity contribution is 0.737. The van der Waals surface area contributed by atoms with Crippen molar-refractivity contribution in [1.29, 1.82) is 0 Å². The lowest BCUT2D eigenvalue weighted by Gasteiger charge is -2.20. The highest BCUT2D eigenvalue weighted by Gasteiger charge is 2.08. The molecule has 0 atom stereocenters. The highest BCUT2D eigenvalue weighted by atomic mass is 15.3. The van der Waals surface area contributed by atoms with E-state index in [0.717, 1.165) is 17.9 Å².